The summed E-state index contributed by atoms with van der Waals surface area (Å²) < 4.78 is 5.41. The van der Waals surface area contributed by atoms with E-state index in [1.165, 1.54) is 5.56 Å². The van der Waals surface area contributed by atoms with Crippen LogP contribution in [-0.4, -0.2) is 17.8 Å². The number of fused-ring (bicyclic) bond motifs is 1. The summed E-state index contributed by atoms with van der Waals surface area (Å²) in [6, 6.07) is 7.90. The van der Waals surface area contributed by atoms with Gasteiger partial charge >= 0.3 is 0 Å². The molecule has 1 atom stereocenters. The van der Waals surface area contributed by atoms with Gasteiger partial charge in [-0.25, -0.2) is 0 Å². The zero-order chi connectivity index (χ0) is 7.68. The number of aliphatic hydroxyl groups is 1. The molecule has 1 aliphatic rings. The van der Waals surface area contributed by atoms with Crippen molar-refractivity contribution in [1.29, 1.82) is 0 Å². The molecule has 0 radical (unpaired) electrons. The van der Waals surface area contributed by atoms with E-state index < -0.39 is 0 Å². The van der Waals surface area contributed by atoms with Gasteiger partial charge in [0.15, 0.2) is 0 Å². The van der Waals surface area contributed by atoms with Crippen molar-refractivity contribution in [2.24, 2.45) is 0 Å². The predicted octanol–water partition coefficient (Wildman–Crippen LogP) is 0.982. The number of aliphatic hydroxyl groups excluding tert-OH is 1. The highest BCUT2D eigenvalue weighted by atomic mass is 16.5. The van der Waals surface area contributed by atoms with Gasteiger partial charge in [-0.1, -0.05) is 18.2 Å². The van der Waals surface area contributed by atoms with Gasteiger partial charge in [0.25, 0.3) is 0 Å². The number of ether oxygens (including phenoxy) is 1. The van der Waals surface area contributed by atoms with Crippen molar-refractivity contribution in [3.05, 3.63) is 29.8 Å². The SMILES string of the molecule is OC[C@@H]1Cc2ccccc2O1. The molecule has 1 N–H and O–H groups in total. The van der Waals surface area contributed by atoms with E-state index in [0.717, 1.165) is 12.2 Å². The van der Waals surface area contributed by atoms with Gasteiger partial charge in [0.2, 0.25) is 0 Å². The Morgan fingerprint density at radius 3 is 3.00 bits per heavy atom. The van der Waals surface area contributed by atoms with Crippen molar-refractivity contribution in [1.82, 2.24) is 0 Å². The van der Waals surface area contributed by atoms with Gasteiger partial charge in [0, 0.05) is 6.42 Å². The summed E-state index contributed by atoms with van der Waals surface area (Å²) >= 11 is 0. The van der Waals surface area contributed by atoms with Crippen LogP contribution in [0.4, 0.5) is 0 Å². The summed E-state index contributed by atoms with van der Waals surface area (Å²) in [6.45, 7) is 0.106. The Bertz CT molecular complexity index is 232. The maximum atomic E-state index is 8.81. The lowest BCUT2D eigenvalue weighted by molar-refractivity contribution is 0.134. The molecule has 1 aromatic rings. The highest BCUT2D eigenvalue weighted by Crippen LogP contribution is 2.27. The summed E-state index contributed by atoms with van der Waals surface area (Å²) in [6.07, 6.45) is 0.819. The summed E-state index contributed by atoms with van der Waals surface area (Å²) in [4.78, 5) is 0. The van der Waals surface area contributed by atoms with Crippen molar-refractivity contribution < 1.29 is 9.84 Å². The molecular weight excluding hydrogens is 140 g/mol. The molecule has 2 heteroatoms. The largest absolute Gasteiger partial charge is 0.487 e. The zero-order valence-corrected chi connectivity index (χ0v) is 6.16. The van der Waals surface area contributed by atoms with Crippen LogP contribution in [0.25, 0.3) is 0 Å². The third kappa shape index (κ3) is 1.10. The minimum absolute atomic E-state index is 0.0209. The van der Waals surface area contributed by atoms with E-state index in [9.17, 15) is 0 Å². The average Bonchev–Trinajstić information content (AvgIpc) is 2.46. The van der Waals surface area contributed by atoms with Crippen LogP contribution in [0.5, 0.6) is 5.75 Å². The third-order valence-corrected chi connectivity index (χ3v) is 1.92. The smallest absolute Gasteiger partial charge is 0.126 e. The zero-order valence-electron chi connectivity index (χ0n) is 6.16. The van der Waals surface area contributed by atoms with E-state index in [2.05, 4.69) is 0 Å². The molecule has 58 valence electrons. The summed E-state index contributed by atoms with van der Waals surface area (Å²) in [5, 5.41) is 8.81. The Labute approximate surface area is 65.4 Å². The number of para-hydroxylation sites is 1. The molecule has 0 saturated carbocycles. The van der Waals surface area contributed by atoms with Gasteiger partial charge in [-0.3, -0.25) is 0 Å². The van der Waals surface area contributed by atoms with Crippen LogP contribution in [0, 0.1) is 0 Å². The molecule has 0 spiro atoms. The minimum atomic E-state index is -0.0209. The van der Waals surface area contributed by atoms with Crippen LogP contribution in [0.3, 0.4) is 0 Å². The second kappa shape index (κ2) is 2.55. The molecule has 0 fully saturated rings. The molecule has 2 nitrogen and oxygen atoms in total. The average molecular weight is 150 g/mol. The molecule has 0 amide bonds. The second-order valence-electron chi connectivity index (χ2n) is 2.73. The van der Waals surface area contributed by atoms with E-state index in [-0.39, 0.29) is 12.7 Å². The van der Waals surface area contributed by atoms with Crippen LogP contribution in [0.1, 0.15) is 5.56 Å². The first-order chi connectivity index (χ1) is 5.40. The van der Waals surface area contributed by atoms with Gasteiger partial charge in [0.1, 0.15) is 11.9 Å². The molecule has 0 saturated heterocycles. The van der Waals surface area contributed by atoms with E-state index in [0.29, 0.717) is 0 Å². The van der Waals surface area contributed by atoms with Crippen molar-refractivity contribution in [3.8, 4) is 5.75 Å². The Kier molecular flexibility index (Phi) is 1.55. The Hall–Kier alpha value is -1.02. The van der Waals surface area contributed by atoms with Crippen LogP contribution in [0.15, 0.2) is 24.3 Å². The molecule has 1 heterocycles. The fraction of sp³-hybridized carbons (Fsp3) is 0.333. The van der Waals surface area contributed by atoms with Crippen LogP contribution >= 0.6 is 0 Å². The number of hydrogen-bond acceptors (Lipinski definition) is 2. The van der Waals surface area contributed by atoms with Gasteiger partial charge in [0.05, 0.1) is 6.61 Å². The standard InChI is InChI=1S/C9H10O2/c10-6-8-5-7-3-1-2-4-9(7)11-8/h1-4,8,10H,5-6H2/t8-/m0/s1. The summed E-state index contributed by atoms with van der Waals surface area (Å²) in [5.41, 5.74) is 1.20. The third-order valence-electron chi connectivity index (χ3n) is 1.92. The number of hydrogen-bond donors (Lipinski definition) is 1. The van der Waals surface area contributed by atoms with Gasteiger partial charge in [-0.2, -0.15) is 0 Å². The molecule has 1 aliphatic heterocycles. The van der Waals surface area contributed by atoms with E-state index in [4.69, 9.17) is 9.84 Å². The van der Waals surface area contributed by atoms with Crippen LogP contribution < -0.4 is 4.74 Å². The lowest BCUT2D eigenvalue weighted by Gasteiger charge is -2.04. The van der Waals surface area contributed by atoms with Crippen molar-refractivity contribution >= 4 is 0 Å². The van der Waals surface area contributed by atoms with Gasteiger partial charge in [-0.15, -0.1) is 0 Å². The van der Waals surface area contributed by atoms with Crippen LogP contribution in [0.2, 0.25) is 0 Å². The van der Waals surface area contributed by atoms with Crippen molar-refractivity contribution in [2.75, 3.05) is 6.61 Å². The van der Waals surface area contributed by atoms with Gasteiger partial charge in [-0.05, 0) is 11.6 Å². The topological polar surface area (TPSA) is 29.5 Å². The molecule has 0 unspecified atom stereocenters. The monoisotopic (exact) mass is 150 g/mol. The molecule has 0 aliphatic carbocycles. The van der Waals surface area contributed by atoms with Crippen molar-refractivity contribution in [3.63, 3.8) is 0 Å². The normalized spacial score (nSPS) is 21.0. The van der Waals surface area contributed by atoms with E-state index >= 15 is 0 Å². The Balaban J connectivity index is 2.27. The number of benzene rings is 1. The molecule has 0 aromatic heterocycles. The Morgan fingerprint density at radius 1 is 1.45 bits per heavy atom. The molecule has 11 heavy (non-hydrogen) atoms. The molecule has 1 aromatic carbocycles. The highest BCUT2D eigenvalue weighted by Gasteiger charge is 2.20. The number of rotatable bonds is 1. The minimum Gasteiger partial charge on any atom is -0.487 e. The lowest BCUT2D eigenvalue weighted by atomic mass is 10.1. The molecule has 2 rings (SSSR count). The Morgan fingerprint density at radius 2 is 2.27 bits per heavy atom. The van der Waals surface area contributed by atoms with Gasteiger partial charge < -0.3 is 9.84 Å². The predicted molar refractivity (Wildman–Crippen MR) is 41.6 cm³/mol. The van der Waals surface area contributed by atoms with E-state index in [1.807, 2.05) is 24.3 Å². The first-order valence-electron chi connectivity index (χ1n) is 3.75. The fourth-order valence-electron chi connectivity index (χ4n) is 1.36. The van der Waals surface area contributed by atoms with Crippen LogP contribution in [-0.2, 0) is 6.42 Å². The summed E-state index contributed by atoms with van der Waals surface area (Å²) in [7, 11) is 0. The lowest BCUT2D eigenvalue weighted by Crippen LogP contribution is -2.17. The maximum Gasteiger partial charge on any atom is 0.126 e. The second-order valence-corrected chi connectivity index (χ2v) is 2.73. The fourth-order valence-corrected chi connectivity index (χ4v) is 1.36. The highest BCUT2D eigenvalue weighted by molar-refractivity contribution is 5.37. The van der Waals surface area contributed by atoms with E-state index in [1.54, 1.807) is 0 Å². The first kappa shape index (κ1) is 6.68. The summed E-state index contributed by atoms with van der Waals surface area (Å²) in [5.74, 6) is 0.923. The molecule has 0 bridgehead atoms. The van der Waals surface area contributed by atoms with Crippen molar-refractivity contribution in [2.45, 2.75) is 12.5 Å². The maximum absolute atomic E-state index is 8.81. The first-order valence-corrected chi connectivity index (χ1v) is 3.75. The molecular formula is C9H10O2. The quantitative estimate of drug-likeness (QED) is 0.646.